The molecule has 0 atom stereocenters. The molecule has 4 heteroatoms. The number of nitrogens with zero attached hydrogens (tertiary/aromatic N) is 2. The van der Waals surface area contributed by atoms with Crippen LogP contribution in [0.15, 0.2) is 18.3 Å². The summed E-state index contributed by atoms with van der Waals surface area (Å²) >= 11 is 5.13. The predicted molar refractivity (Wildman–Crippen MR) is 56.9 cm³/mol. The van der Waals surface area contributed by atoms with E-state index in [0.717, 1.165) is 24.0 Å². The lowest BCUT2D eigenvalue weighted by Gasteiger charge is -2.14. The Hall–Kier alpha value is -1.16. The van der Waals surface area contributed by atoms with Crippen molar-refractivity contribution in [2.75, 3.05) is 18.0 Å². The number of anilines is 1. The maximum atomic E-state index is 5.13. The second-order valence-electron chi connectivity index (χ2n) is 3.08. The van der Waals surface area contributed by atoms with Crippen LogP contribution in [0.3, 0.4) is 0 Å². The standard InChI is InChI=1S/C9H11N3S/c1-7-2-3-8(11-6-7)12-5-4-10-9(12)13/h2-3,6H,4-5H2,1H3,(H,10,13). The normalized spacial score (nSPS) is 16.1. The molecule has 13 heavy (non-hydrogen) atoms. The van der Waals surface area contributed by atoms with Gasteiger partial charge in [0.05, 0.1) is 0 Å². The Morgan fingerprint density at radius 3 is 2.92 bits per heavy atom. The van der Waals surface area contributed by atoms with E-state index in [1.165, 1.54) is 5.56 Å². The number of nitrogens with one attached hydrogen (secondary N) is 1. The van der Waals surface area contributed by atoms with Gasteiger partial charge >= 0.3 is 0 Å². The smallest absolute Gasteiger partial charge is 0.174 e. The van der Waals surface area contributed by atoms with Gasteiger partial charge in [-0.25, -0.2) is 4.98 Å². The van der Waals surface area contributed by atoms with Crippen molar-refractivity contribution in [3.05, 3.63) is 23.9 Å². The minimum Gasteiger partial charge on any atom is -0.360 e. The van der Waals surface area contributed by atoms with Crippen LogP contribution < -0.4 is 10.2 Å². The molecule has 1 N–H and O–H groups in total. The van der Waals surface area contributed by atoms with Gasteiger partial charge in [-0.3, -0.25) is 0 Å². The van der Waals surface area contributed by atoms with Gasteiger partial charge in [0.15, 0.2) is 5.11 Å². The Balaban J connectivity index is 2.25. The molecule has 1 aromatic heterocycles. The molecule has 0 aliphatic carbocycles. The highest BCUT2D eigenvalue weighted by molar-refractivity contribution is 7.80. The third-order valence-electron chi connectivity index (χ3n) is 2.03. The molecule has 0 saturated carbocycles. The third kappa shape index (κ3) is 1.62. The van der Waals surface area contributed by atoms with E-state index in [0.29, 0.717) is 0 Å². The van der Waals surface area contributed by atoms with Crippen LogP contribution in [-0.4, -0.2) is 23.2 Å². The molecule has 0 aromatic carbocycles. The van der Waals surface area contributed by atoms with E-state index in [2.05, 4.69) is 10.3 Å². The van der Waals surface area contributed by atoms with Gasteiger partial charge < -0.3 is 10.2 Å². The van der Waals surface area contributed by atoms with Crippen LogP contribution in [0.2, 0.25) is 0 Å². The number of aryl methyl sites for hydroxylation is 1. The van der Waals surface area contributed by atoms with E-state index in [9.17, 15) is 0 Å². The fourth-order valence-electron chi connectivity index (χ4n) is 1.31. The van der Waals surface area contributed by atoms with Crippen LogP contribution in [0.5, 0.6) is 0 Å². The van der Waals surface area contributed by atoms with Gasteiger partial charge in [0.25, 0.3) is 0 Å². The molecule has 0 unspecified atom stereocenters. The summed E-state index contributed by atoms with van der Waals surface area (Å²) in [6, 6.07) is 4.04. The van der Waals surface area contributed by atoms with Crippen LogP contribution in [0.25, 0.3) is 0 Å². The zero-order valence-electron chi connectivity index (χ0n) is 7.45. The first-order valence-corrected chi connectivity index (χ1v) is 4.66. The van der Waals surface area contributed by atoms with Gasteiger partial charge in [-0.1, -0.05) is 6.07 Å². The Kier molecular flexibility index (Phi) is 2.14. The fraction of sp³-hybridized carbons (Fsp3) is 0.333. The average Bonchev–Trinajstić information content (AvgIpc) is 2.53. The van der Waals surface area contributed by atoms with Crippen molar-refractivity contribution in [2.45, 2.75) is 6.92 Å². The third-order valence-corrected chi connectivity index (χ3v) is 2.39. The van der Waals surface area contributed by atoms with E-state index in [1.54, 1.807) is 0 Å². The highest BCUT2D eigenvalue weighted by Crippen LogP contribution is 2.12. The van der Waals surface area contributed by atoms with Crippen molar-refractivity contribution in [1.29, 1.82) is 0 Å². The number of hydrogen-bond acceptors (Lipinski definition) is 2. The van der Waals surface area contributed by atoms with Crippen molar-refractivity contribution < 1.29 is 0 Å². The molecule has 0 spiro atoms. The molecule has 1 aliphatic heterocycles. The Bertz CT molecular complexity index is 320. The Labute approximate surface area is 82.8 Å². The van der Waals surface area contributed by atoms with Gasteiger partial charge in [-0.2, -0.15) is 0 Å². The largest absolute Gasteiger partial charge is 0.360 e. The summed E-state index contributed by atoms with van der Waals surface area (Å²) in [6.07, 6.45) is 1.86. The summed E-state index contributed by atoms with van der Waals surface area (Å²) in [5.74, 6) is 0.931. The van der Waals surface area contributed by atoms with Crippen molar-refractivity contribution in [3.63, 3.8) is 0 Å². The number of hydrogen-bond donors (Lipinski definition) is 1. The molecule has 0 bridgehead atoms. The summed E-state index contributed by atoms with van der Waals surface area (Å²) < 4.78 is 0. The van der Waals surface area contributed by atoms with E-state index < -0.39 is 0 Å². The van der Waals surface area contributed by atoms with Crippen molar-refractivity contribution >= 4 is 23.1 Å². The first kappa shape index (κ1) is 8.44. The molecule has 0 amide bonds. The highest BCUT2D eigenvalue weighted by Gasteiger charge is 2.17. The number of aromatic nitrogens is 1. The lowest BCUT2D eigenvalue weighted by atomic mass is 10.3. The van der Waals surface area contributed by atoms with Gasteiger partial charge in [-0.15, -0.1) is 0 Å². The Morgan fingerprint density at radius 1 is 1.54 bits per heavy atom. The second-order valence-corrected chi connectivity index (χ2v) is 3.46. The van der Waals surface area contributed by atoms with Gasteiger partial charge in [0.1, 0.15) is 5.82 Å². The molecular formula is C9H11N3S. The summed E-state index contributed by atoms with van der Waals surface area (Å²) in [6.45, 7) is 3.85. The van der Waals surface area contributed by atoms with Crippen LogP contribution in [0.4, 0.5) is 5.82 Å². The van der Waals surface area contributed by atoms with Gasteiger partial charge in [0.2, 0.25) is 0 Å². The SMILES string of the molecule is Cc1ccc(N2CCNC2=S)nc1. The minimum atomic E-state index is 0.774. The number of thiocarbonyl (C=S) groups is 1. The van der Waals surface area contributed by atoms with E-state index in [1.807, 2.05) is 30.2 Å². The topological polar surface area (TPSA) is 28.2 Å². The fourth-order valence-corrected chi connectivity index (χ4v) is 1.60. The summed E-state index contributed by atoms with van der Waals surface area (Å²) in [7, 11) is 0. The summed E-state index contributed by atoms with van der Waals surface area (Å²) in [5.41, 5.74) is 1.17. The van der Waals surface area contributed by atoms with Crippen molar-refractivity contribution in [2.24, 2.45) is 0 Å². The van der Waals surface area contributed by atoms with Gasteiger partial charge in [0, 0.05) is 19.3 Å². The van der Waals surface area contributed by atoms with Crippen LogP contribution >= 0.6 is 12.2 Å². The lowest BCUT2D eigenvalue weighted by molar-refractivity contribution is 0.965. The predicted octanol–water partition coefficient (Wildman–Crippen LogP) is 1.08. The Morgan fingerprint density at radius 2 is 2.38 bits per heavy atom. The first-order valence-electron chi connectivity index (χ1n) is 4.25. The molecule has 2 rings (SSSR count). The van der Waals surface area contributed by atoms with Crippen LogP contribution in [-0.2, 0) is 0 Å². The van der Waals surface area contributed by atoms with Crippen LogP contribution in [0.1, 0.15) is 5.56 Å². The monoisotopic (exact) mass is 193 g/mol. The maximum absolute atomic E-state index is 5.13. The van der Waals surface area contributed by atoms with E-state index in [4.69, 9.17) is 12.2 Å². The molecule has 2 heterocycles. The first-order chi connectivity index (χ1) is 6.27. The lowest BCUT2D eigenvalue weighted by Crippen LogP contribution is -2.28. The molecular weight excluding hydrogens is 182 g/mol. The summed E-state index contributed by atoms with van der Waals surface area (Å²) in [4.78, 5) is 6.32. The maximum Gasteiger partial charge on any atom is 0.174 e. The molecule has 1 fully saturated rings. The molecule has 1 aliphatic rings. The molecule has 68 valence electrons. The molecule has 1 saturated heterocycles. The molecule has 3 nitrogen and oxygen atoms in total. The van der Waals surface area contributed by atoms with E-state index in [-0.39, 0.29) is 0 Å². The summed E-state index contributed by atoms with van der Waals surface area (Å²) in [5, 5.41) is 3.87. The zero-order chi connectivity index (χ0) is 9.26. The van der Waals surface area contributed by atoms with Crippen molar-refractivity contribution in [3.8, 4) is 0 Å². The number of rotatable bonds is 1. The minimum absolute atomic E-state index is 0.774. The van der Waals surface area contributed by atoms with Gasteiger partial charge in [-0.05, 0) is 30.8 Å². The zero-order valence-corrected chi connectivity index (χ0v) is 8.27. The van der Waals surface area contributed by atoms with Crippen molar-refractivity contribution in [1.82, 2.24) is 10.3 Å². The highest BCUT2D eigenvalue weighted by atomic mass is 32.1. The molecule has 0 radical (unpaired) electrons. The number of pyridine rings is 1. The second kappa shape index (κ2) is 3.30. The average molecular weight is 193 g/mol. The quantitative estimate of drug-likeness (QED) is 0.676. The van der Waals surface area contributed by atoms with E-state index >= 15 is 0 Å². The van der Waals surface area contributed by atoms with Crippen LogP contribution in [0, 0.1) is 6.92 Å². The molecule has 1 aromatic rings.